The van der Waals surface area contributed by atoms with E-state index >= 15 is 0 Å². The minimum absolute atomic E-state index is 0.267. The number of hydrogen-bond acceptors (Lipinski definition) is 6. The maximum atomic E-state index is 12.5. The van der Waals surface area contributed by atoms with Crippen molar-refractivity contribution in [3.05, 3.63) is 96.3 Å². The van der Waals surface area contributed by atoms with Crippen molar-refractivity contribution < 1.29 is 14.3 Å². The van der Waals surface area contributed by atoms with Gasteiger partial charge in [-0.2, -0.15) is 0 Å². The van der Waals surface area contributed by atoms with Gasteiger partial charge < -0.3 is 20.1 Å². The van der Waals surface area contributed by atoms with E-state index in [1.165, 1.54) is 6.08 Å². The molecule has 2 N–H and O–H groups in total. The van der Waals surface area contributed by atoms with E-state index < -0.39 is 0 Å². The molecule has 1 heterocycles. The van der Waals surface area contributed by atoms with E-state index in [4.69, 9.17) is 9.47 Å². The Labute approximate surface area is 204 Å². The molecule has 1 aromatic heterocycles. The molecule has 7 heteroatoms. The highest BCUT2D eigenvalue weighted by molar-refractivity contribution is 6.02. The van der Waals surface area contributed by atoms with Crippen molar-refractivity contribution in [2.45, 2.75) is 6.92 Å². The van der Waals surface area contributed by atoms with Crippen LogP contribution < -0.4 is 20.1 Å². The number of aromatic nitrogens is 2. The molecule has 0 bridgehead atoms. The lowest BCUT2D eigenvalue weighted by Gasteiger charge is -2.10. The first-order chi connectivity index (χ1) is 17.0. The van der Waals surface area contributed by atoms with Crippen LogP contribution in [0.4, 0.5) is 17.2 Å². The number of nitrogens with one attached hydrogen (secondary N) is 2. The van der Waals surface area contributed by atoms with E-state index in [0.29, 0.717) is 28.8 Å². The van der Waals surface area contributed by atoms with Crippen LogP contribution in [0.2, 0.25) is 0 Å². The minimum Gasteiger partial charge on any atom is -0.497 e. The molecular weight excluding hydrogens is 440 g/mol. The van der Waals surface area contributed by atoms with Crippen molar-refractivity contribution in [3.63, 3.8) is 0 Å². The highest BCUT2D eigenvalue weighted by Crippen LogP contribution is 2.26. The third-order valence-electron chi connectivity index (χ3n) is 5.16. The summed E-state index contributed by atoms with van der Waals surface area (Å²) in [5.74, 6) is 2.40. The average Bonchev–Trinajstić information content (AvgIpc) is 2.87. The number of rotatable bonds is 8. The first-order valence-corrected chi connectivity index (χ1v) is 11.0. The highest BCUT2D eigenvalue weighted by atomic mass is 16.5. The Hall–Kier alpha value is -4.65. The molecule has 0 aliphatic rings. The van der Waals surface area contributed by atoms with Crippen LogP contribution >= 0.6 is 0 Å². The maximum absolute atomic E-state index is 12.5. The van der Waals surface area contributed by atoms with Crippen LogP contribution in [0.5, 0.6) is 11.5 Å². The molecule has 0 aliphatic carbocycles. The highest BCUT2D eigenvalue weighted by Gasteiger charge is 2.07. The van der Waals surface area contributed by atoms with Crippen molar-refractivity contribution in [1.82, 2.24) is 9.97 Å². The Bertz CT molecular complexity index is 1350. The Kier molecular flexibility index (Phi) is 7.37. The van der Waals surface area contributed by atoms with Crippen LogP contribution in [0.15, 0.2) is 84.9 Å². The fourth-order valence-electron chi connectivity index (χ4n) is 3.53. The van der Waals surface area contributed by atoms with Gasteiger partial charge in [-0.15, -0.1) is 0 Å². The molecule has 0 unspecified atom stereocenters. The summed E-state index contributed by atoms with van der Waals surface area (Å²) in [7, 11) is 3.17. The molecule has 35 heavy (non-hydrogen) atoms. The van der Waals surface area contributed by atoms with Gasteiger partial charge in [0.2, 0.25) is 5.91 Å². The van der Waals surface area contributed by atoms with E-state index in [1.807, 2.05) is 67.6 Å². The number of methoxy groups -OCH3 is 2. The summed E-state index contributed by atoms with van der Waals surface area (Å²) in [6.07, 6.45) is 3.14. The van der Waals surface area contributed by atoms with E-state index in [1.54, 1.807) is 38.5 Å². The number of anilines is 3. The molecule has 4 aromatic rings. The van der Waals surface area contributed by atoms with Crippen LogP contribution in [0.3, 0.4) is 0 Å². The van der Waals surface area contributed by atoms with Crippen LogP contribution in [0, 0.1) is 6.92 Å². The Balaban J connectivity index is 1.47. The lowest BCUT2D eigenvalue weighted by atomic mass is 10.1. The van der Waals surface area contributed by atoms with Gasteiger partial charge in [0.1, 0.15) is 23.1 Å². The zero-order chi connectivity index (χ0) is 24.6. The summed E-state index contributed by atoms with van der Waals surface area (Å²) in [5, 5.41) is 6.19. The zero-order valence-electron chi connectivity index (χ0n) is 19.8. The Morgan fingerprint density at radius 1 is 0.857 bits per heavy atom. The molecule has 0 spiro atoms. The second-order valence-electron chi connectivity index (χ2n) is 7.69. The molecule has 1 amide bonds. The van der Waals surface area contributed by atoms with E-state index in [9.17, 15) is 4.79 Å². The summed E-state index contributed by atoms with van der Waals surface area (Å²) in [6, 6.07) is 24.7. The monoisotopic (exact) mass is 466 g/mol. The second kappa shape index (κ2) is 11.0. The predicted molar refractivity (Wildman–Crippen MR) is 139 cm³/mol. The Morgan fingerprint density at radius 2 is 1.66 bits per heavy atom. The van der Waals surface area contributed by atoms with Gasteiger partial charge >= 0.3 is 0 Å². The summed E-state index contributed by atoms with van der Waals surface area (Å²) in [4.78, 5) is 21.6. The summed E-state index contributed by atoms with van der Waals surface area (Å²) in [5.41, 5.74) is 4.03. The smallest absolute Gasteiger partial charge is 0.248 e. The Morgan fingerprint density at radius 3 is 2.43 bits per heavy atom. The topological polar surface area (TPSA) is 85.4 Å². The van der Waals surface area contributed by atoms with E-state index in [0.717, 1.165) is 22.5 Å². The number of benzene rings is 3. The molecule has 3 aromatic carbocycles. The van der Waals surface area contributed by atoms with Crippen LogP contribution in [-0.4, -0.2) is 30.1 Å². The number of carbonyl (C=O) groups is 1. The van der Waals surface area contributed by atoms with Crippen molar-refractivity contribution >= 4 is 29.2 Å². The van der Waals surface area contributed by atoms with Crippen molar-refractivity contribution in [3.8, 4) is 22.8 Å². The van der Waals surface area contributed by atoms with Crippen LogP contribution in [0.25, 0.3) is 17.3 Å². The lowest BCUT2D eigenvalue weighted by Crippen LogP contribution is -2.08. The second-order valence-corrected chi connectivity index (χ2v) is 7.69. The van der Waals surface area contributed by atoms with Gasteiger partial charge in [-0.3, -0.25) is 4.79 Å². The largest absolute Gasteiger partial charge is 0.497 e. The molecular formula is C28H26N4O3. The van der Waals surface area contributed by atoms with Gasteiger partial charge in [0.05, 0.1) is 19.9 Å². The van der Waals surface area contributed by atoms with Crippen LogP contribution in [-0.2, 0) is 4.79 Å². The molecule has 0 fully saturated rings. The summed E-state index contributed by atoms with van der Waals surface area (Å²) in [6.45, 7) is 1.86. The fraction of sp³-hybridized carbons (Fsp3) is 0.107. The summed E-state index contributed by atoms with van der Waals surface area (Å²) < 4.78 is 10.6. The number of ether oxygens (including phenoxy) is 2. The molecule has 0 atom stereocenters. The molecule has 0 aliphatic heterocycles. The molecule has 176 valence electrons. The van der Waals surface area contributed by atoms with E-state index in [-0.39, 0.29) is 5.91 Å². The predicted octanol–water partition coefficient (Wildman–Crippen LogP) is 5.86. The van der Waals surface area contributed by atoms with Crippen molar-refractivity contribution in [2.24, 2.45) is 0 Å². The van der Waals surface area contributed by atoms with Gasteiger partial charge in [-0.25, -0.2) is 9.97 Å². The molecule has 0 saturated heterocycles. The fourth-order valence-corrected chi connectivity index (χ4v) is 3.53. The maximum Gasteiger partial charge on any atom is 0.248 e. The normalized spacial score (nSPS) is 10.7. The van der Waals surface area contributed by atoms with Gasteiger partial charge in [-0.1, -0.05) is 36.4 Å². The van der Waals surface area contributed by atoms with Crippen molar-refractivity contribution in [2.75, 3.05) is 24.9 Å². The standard InChI is InChI=1S/C28H26N4O3/c1-19-29-25(20-8-5-4-6-9-20)18-27(30-19)31-22-10-7-11-23(17-22)32-28(33)15-12-21-16-24(34-2)13-14-26(21)35-3/h4-18H,1-3H3,(H,32,33)(H,29,30,31)/b15-12+. The summed E-state index contributed by atoms with van der Waals surface area (Å²) >= 11 is 0. The van der Waals surface area contributed by atoms with Gasteiger partial charge in [-0.05, 0) is 49.4 Å². The van der Waals surface area contributed by atoms with E-state index in [2.05, 4.69) is 20.6 Å². The quantitative estimate of drug-likeness (QED) is 0.316. The molecule has 4 rings (SSSR count). The SMILES string of the molecule is COc1ccc(OC)c(/C=C/C(=O)Nc2cccc(Nc3cc(-c4ccccc4)nc(C)n3)c2)c1. The van der Waals surface area contributed by atoms with Crippen LogP contribution in [0.1, 0.15) is 11.4 Å². The minimum atomic E-state index is -0.267. The van der Waals surface area contributed by atoms with Gasteiger partial charge in [0.15, 0.2) is 0 Å². The third kappa shape index (κ3) is 6.23. The number of amides is 1. The molecule has 0 saturated carbocycles. The number of aryl methyl sites for hydroxylation is 1. The first-order valence-electron chi connectivity index (χ1n) is 11.0. The molecule has 7 nitrogen and oxygen atoms in total. The first kappa shape index (κ1) is 23.5. The third-order valence-corrected chi connectivity index (χ3v) is 5.16. The molecule has 0 radical (unpaired) electrons. The van der Waals surface area contributed by atoms with Gasteiger partial charge in [0, 0.05) is 34.6 Å². The van der Waals surface area contributed by atoms with Gasteiger partial charge in [0.25, 0.3) is 0 Å². The average molecular weight is 467 g/mol. The number of carbonyl (C=O) groups excluding carboxylic acids is 1. The van der Waals surface area contributed by atoms with Crippen molar-refractivity contribution in [1.29, 1.82) is 0 Å². The zero-order valence-corrected chi connectivity index (χ0v) is 19.8. The number of nitrogens with zero attached hydrogens (tertiary/aromatic N) is 2. The lowest BCUT2D eigenvalue weighted by molar-refractivity contribution is -0.111. The number of hydrogen-bond donors (Lipinski definition) is 2.